The van der Waals surface area contributed by atoms with Crippen LogP contribution in [-0.2, 0) is 31.4 Å². The molecule has 2 heterocycles. The molecule has 1 aliphatic carbocycles. The van der Waals surface area contributed by atoms with Crippen LogP contribution < -0.4 is 4.90 Å². The number of anilines is 1. The molecule has 5 rings (SSSR count). The lowest BCUT2D eigenvalue weighted by Gasteiger charge is -2.31. The normalized spacial score (nSPS) is 24.0. The molecule has 0 unspecified atom stereocenters. The molecule has 0 aromatic heterocycles. The number of carbonyl (C=O) groups is 2. The van der Waals surface area contributed by atoms with Crippen molar-refractivity contribution in [1.82, 2.24) is 0 Å². The summed E-state index contributed by atoms with van der Waals surface area (Å²) in [7, 11) is 1.48. The van der Waals surface area contributed by atoms with Crippen LogP contribution in [0, 0.1) is 31.6 Å². The van der Waals surface area contributed by atoms with Gasteiger partial charge in [-0.3, -0.25) is 9.59 Å². The van der Waals surface area contributed by atoms with Gasteiger partial charge < -0.3 is 14.6 Å². The number of imide groups is 1. The van der Waals surface area contributed by atoms with E-state index < -0.39 is 64.8 Å². The molecule has 2 saturated heterocycles. The Balaban J connectivity index is 1.42. The van der Waals surface area contributed by atoms with E-state index in [1.54, 1.807) is 0 Å². The Morgan fingerprint density at radius 1 is 0.978 bits per heavy atom. The molecule has 2 aliphatic heterocycles. The summed E-state index contributed by atoms with van der Waals surface area (Å²) < 4.78 is 92.9. The third-order valence-corrected chi connectivity index (χ3v) is 8.88. The fourth-order valence-corrected chi connectivity index (χ4v) is 6.89. The number of amides is 2. The fraction of sp³-hybridized carbons (Fsp3) is 0.455. The van der Waals surface area contributed by atoms with Crippen LogP contribution in [-0.4, -0.2) is 43.3 Å². The van der Waals surface area contributed by atoms with Gasteiger partial charge in [-0.25, -0.2) is 4.90 Å². The number of aromatic hydroxyl groups is 1. The first-order valence-electron chi connectivity index (χ1n) is 14.5. The van der Waals surface area contributed by atoms with E-state index in [1.165, 1.54) is 7.11 Å². The smallest absolute Gasteiger partial charge is 0.416 e. The molecule has 2 aromatic carbocycles. The first-order chi connectivity index (χ1) is 21.0. The molecule has 6 nitrogen and oxygen atoms in total. The predicted octanol–water partition coefficient (Wildman–Crippen LogP) is 7.40. The van der Waals surface area contributed by atoms with Crippen LogP contribution in [0.2, 0.25) is 0 Å². The largest absolute Gasteiger partial charge is 0.507 e. The number of alkyl halides is 6. The third kappa shape index (κ3) is 6.27. The SMILES string of the molecule is COCC1=C2[C@@H](CC/C(C)=C/c3cc(C)c(O)c(C)c3)OC[C@@H]2[C@@H]2C(=O)N(c3cc(C(F)(F)F)cc(C(F)(F)F)c3)C(=O)[C@@H]2C1. The summed E-state index contributed by atoms with van der Waals surface area (Å²) in [5, 5.41) is 10.1. The van der Waals surface area contributed by atoms with Crippen molar-refractivity contribution < 1.29 is 50.5 Å². The summed E-state index contributed by atoms with van der Waals surface area (Å²) in [6, 6.07) is 4.55. The summed E-state index contributed by atoms with van der Waals surface area (Å²) in [4.78, 5) is 27.8. The monoisotopic (exact) mass is 637 g/mol. The molecule has 2 amide bonds. The Labute approximate surface area is 256 Å². The molecule has 4 atom stereocenters. The van der Waals surface area contributed by atoms with E-state index in [-0.39, 0.29) is 31.5 Å². The number of phenolic OH excluding ortho intramolecular Hbond substituents is 1. The van der Waals surface area contributed by atoms with Crippen molar-refractivity contribution in [2.75, 3.05) is 25.2 Å². The first kappa shape index (κ1) is 32.7. The lowest BCUT2D eigenvalue weighted by atomic mass is 9.69. The average molecular weight is 638 g/mol. The quantitative estimate of drug-likeness (QED) is 0.195. The summed E-state index contributed by atoms with van der Waals surface area (Å²) in [6.07, 6.45) is -7.41. The summed E-state index contributed by atoms with van der Waals surface area (Å²) in [5.41, 5.74) is 1.08. The molecule has 1 N–H and O–H groups in total. The molecule has 0 radical (unpaired) electrons. The Hall–Kier alpha value is -3.64. The topological polar surface area (TPSA) is 76.1 Å². The third-order valence-electron chi connectivity index (χ3n) is 8.88. The number of hydrogen-bond donors (Lipinski definition) is 1. The maximum Gasteiger partial charge on any atom is 0.416 e. The molecule has 0 saturated carbocycles. The molecule has 0 bridgehead atoms. The molecule has 242 valence electrons. The van der Waals surface area contributed by atoms with Crippen LogP contribution in [0.25, 0.3) is 6.08 Å². The van der Waals surface area contributed by atoms with Gasteiger partial charge in [0.15, 0.2) is 0 Å². The van der Waals surface area contributed by atoms with Crippen LogP contribution in [0.15, 0.2) is 47.1 Å². The zero-order chi connectivity index (χ0) is 33.0. The summed E-state index contributed by atoms with van der Waals surface area (Å²) in [5.74, 6) is -3.95. The van der Waals surface area contributed by atoms with Crippen molar-refractivity contribution in [3.63, 3.8) is 0 Å². The van der Waals surface area contributed by atoms with E-state index in [1.807, 2.05) is 39.0 Å². The van der Waals surface area contributed by atoms with Gasteiger partial charge in [0.05, 0.1) is 48.0 Å². The number of benzene rings is 2. The van der Waals surface area contributed by atoms with Gasteiger partial charge in [-0.1, -0.05) is 11.6 Å². The molecular formula is C33H33F6NO5. The van der Waals surface area contributed by atoms with Crippen molar-refractivity contribution in [3.8, 4) is 5.75 Å². The second-order valence-corrected chi connectivity index (χ2v) is 12.1. The minimum absolute atomic E-state index is 0.0340. The van der Waals surface area contributed by atoms with Gasteiger partial charge in [0.1, 0.15) is 5.75 Å². The second-order valence-electron chi connectivity index (χ2n) is 12.1. The Kier molecular flexibility index (Phi) is 8.69. The summed E-state index contributed by atoms with van der Waals surface area (Å²) >= 11 is 0. The van der Waals surface area contributed by atoms with E-state index in [9.17, 15) is 41.0 Å². The number of rotatable bonds is 7. The lowest BCUT2D eigenvalue weighted by Crippen LogP contribution is -2.35. The van der Waals surface area contributed by atoms with Crippen molar-refractivity contribution in [2.45, 2.75) is 58.5 Å². The van der Waals surface area contributed by atoms with Crippen molar-refractivity contribution in [2.24, 2.45) is 17.8 Å². The average Bonchev–Trinajstić information content (AvgIpc) is 3.48. The molecule has 2 aromatic rings. The number of halogens is 6. The molecule has 2 fully saturated rings. The highest BCUT2D eigenvalue weighted by Crippen LogP contribution is 2.51. The van der Waals surface area contributed by atoms with Gasteiger partial charge in [-0.15, -0.1) is 0 Å². The van der Waals surface area contributed by atoms with E-state index in [4.69, 9.17) is 9.47 Å². The number of ether oxygens (including phenoxy) is 2. The van der Waals surface area contributed by atoms with Crippen molar-refractivity contribution in [3.05, 3.63) is 74.9 Å². The Morgan fingerprint density at radius 3 is 2.13 bits per heavy atom. The summed E-state index contributed by atoms with van der Waals surface area (Å²) in [6.45, 7) is 5.82. The van der Waals surface area contributed by atoms with Gasteiger partial charge in [0, 0.05) is 13.0 Å². The zero-order valence-electron chi connectivity index (χ0n) is 25.1. The molecular weight excluding hydrogens is 604 g/mol. The highest BCUT2D eigenvalue weighted by Gasteiger charge is 2.57. The number of allylic oxidation sites excluding steroid dienone is 1. The number of nitrogens with zero attached hydrogens (tertiary/aromatic N) is 1. The number of phenols is 1. The molecule has 12 heteroatoms. The molecule has 3 aliphatic rings. The minimum atomic E-state index is -5.13. The highest BCUT2D eigenvalue weighted by molar-refractivity contribution is 6.22. The number of aryl methyl sites for hydroxylation is 2. The van der Waals surface area contributed by atoms with Crippen LogP contribution in [0.3, 0.4) is 0 Å². The van der Waals surface area contributed by atoms with Gasteiger partial charge in [0.2, 0.25) is 11.8 Å². The van der Waals surface area contributed by atoms with Gasteiger partial charge in [0.25, 0.3) is 0 Å². The standard InChI is InChI=1S/C33H33F6NO5/c1-16(7-19-8-17(2)29(41)18(3)9-19)5-6-26-27-20(14-44-4)10-24-28(25(27)15-45-26)31(43)40(30(24)42)23-12-21(32(34,35)36)11-22(13-23)33(37,38)39/h7-9,11-13,24-26,28,41H,5-6,10,14-15H2,1-4H3/b16-7+/t24-,25+,26-,28-/m1/s1. The zero-order valence-corrected chi connectivity index (χ0v) is 25.1. The van der Waals surface area contributed by atoms with E-state index >= 15 is 0 Å². The number of fused-ring (bicyclic) bond motifs is 3. The van der Waals surface area contributed by atoms with Crippen molar-refractivity contribution in [1.29, 1.82) is 0 Å². The first-order valence-corrected chi connectivity index (χ1v) is 14.5. The van der Waals surface area contributed by atoms with Crippen LogP contribution in [0.5, 0.6) is 5.75 Å². The maximum absolute atomic E-state index is 13.7. The molecule has 45 heavy (non-hydrogen) atoms. The van der Waals surface area contributed by atoms with Gasteiger partial charge in [-0.05, 0) is 98.2 Å². The minimum Gasteiger partial charge on any atom is -0.507 e. The maximum atomic E-state index is 13.7. The lowest BCUT2D eigenvalue weighted by molar-refractivity contribution is -0.143. The highest BCUT2D eigenvalue weighted by atomic mass is 19.4. The number of methoxy groups -OCH3 is 1. The second kappa shape index (κ2) is 11.9. The van der Waals surface area contributed by atoms with Crippen LogP contribution in [0.1, 0.15) is 54.0 Å². The van der Waals surface area contributed by atoms with Gasteiger partial charge in [-0.2, -0.15) is 26.3 Å². The van der Waals surface area contributed by atoms with E-state index in [2.05, 4.69) is 0 Å². The fourth-order valence-electron chi connectivity index (χ4n) is 6.89. The predicted molar refractivity (Wildman–Crippen MR) is 153 cm³/mol. The molecule has 0 spiro atoms. The number of hydrogen-bond acceptors (Lipinski definition) is 5. The Bertz CT molecular complexity index is 1540. The van der Waals surface area contributed by atoms with Crippen LogP contribution in [0.4, 0.5) is 32.0 Å². The van der Waals surface area contributed by atoms with E-state index in [0.29, 0.717) is 29.9 Å². The van der Waals surface area contributed by atoms with E-state index in [0.717, 1.165) is 33.4 Å². The van der Waals surface area contributed by atoms with Crippen LogP contribution >= 0.6 is 0 Å². The van der Waals surface area contributed by atoms with Gasteiger partial charge >= 0.3 is 12.4 Å². The van der Waals surface area contributed by atoms with Crippen molar-refractivity contribution >= 4 is 23.6 Å². The Morgan fingerprint density at radius 2 is 1.58 bits per heavy atom. The number of carbonyl (C=O) groups excluding carboxylic acids is 2.